The zero-order chi connectivity index (χ0) is 20.8. The lowest BCUT2D eigenvalue weighted by atomic mass is 10.1. The molecule has 146 valence electrons. The first-order valence-corrected chi connectivity index (χ1v) is 8.34. The second kappa shape index (κ2) is 8.73. The van der Waals surface area contributed by atoms with E-state index in [9.17, 15) is 14.3 Å². The van der Waals surface area contributed by atoms with E-state index < -0.39 is 34.5 Å². The number of carbonyl (C=O) groups is 1. The van der Waals surface area contributed by atoms with Gasteiger partial charge in [0.25, 0.3) is 0 Å². The molecule has 0 saturated carbocycles. The summed E-state index contributed by atoms with van der Waals surface area (Å²) in [4.78, 5) is 14.3. The van der Waals surface area contributed by atoms with Crippen LogP contribution in [0.1, 0.15) is 15.9 Å². The van der Waals surface area contributed by atoms with E-state index in [1.165, 1.54) is 18.2 Å². The number of halogens is 2. The van der Waals surface area contributed by atoms with Crippen LogP contribution < -0.4 is 10.1 Å². The second-order valence-corrected chi connectivity index (χ2v) is 5.83. The molecule has 0 unspecified atom stereocenters. The van der Waals surface area contributed by atoms with Crippen LogP contribution in [0, 0.1) is 11.6 Å². The number of nitrogens with zero attached hydrogens (tertiary/aromatic N) is 3. The number of rotatable bonds is 7. The molecule has 0 aliphatic carbocycles. The van der Waals surface area contributed by atoms with Crippen molar-refractivity contribution in [3.05, 3.63) is 93.9 Å². The van der Waals surface area contributed by atoms with E-state index in [0.29, 0.717) is 0 Å². The largest absolute Gasteiger partial charge is 0.488 e. The Kier molecular flexibility index (Phi) is 5.91. The second-order valence-electron chi connectivity index (χ2n) is 5.83. The average Bonchev–Trinajstić information content (AvgIpc) is 2.72. The van der Waals surface area contributed by atoms with E-state index in [-0.39, 0.29) is 18.0 Å². The number of hydrogen-bond acceptors (Lipinski definition) is 4. The molecule has 0 spiro atoms. The summed E-state index contributed by atoms with van der Waals surface area (Å²) in [5.41, 5.74) is 7.81. The fourth-order valence-electron chi connectivity index (χ4n) is 2.59. The molecule has 0 atom stereocenters. The molecule has 0 bridgehead atoms. The van der Waals surface area contributed by atoms with Crippen molar-refractivity contribution in [2.75, 3.05) is 5.32 Å². The molecule has 29 heavy (non-hydrogen) atoms. The minimum atomic E-state index is -1.47. The van der Waals surface area contributed by atoms with Crippen molar-refractivity contribution in [3.8, 4) is 5.75 Å². The monoisotopic (exact) mass is 396 g/mol. The van der Waals surface area contributed by atoms with Crippen LogP contribution in [0.2, 0.25) is 0 Å². The number of nitrogens with one attached hydrogen (secondary N) is 1. The Hall–Kier alpha value is -4.10. The zero-order valence-corrected chi connectivity index (χ0v) is 14.8. The van der Waals surface area contributed by atoms with Gasteiger partial charge in [-0.3, -0.25) is 0 Å². The molecule has 7 nitrogen and oxygen atoms in total. The van der Waals surface area contributed by atoms with Crippen molar-refractivity contribution < 1.29 is 23.4 Å². The lowest BCUT2D eigenvalue weighted by Gasteiger charge is -2.16. The molecule has 0 aromatic heterocycles. The van der Waals surface area contributed by atoms with E-state index >= 15 is 4.39 Å². The Labute approximate surface area is 163 Å². The van der Waals surface area contributed by atoms with E-state index in [0.717, 1.165) is 17.7 Å². The van der Waals surface area contributed by atoms with Crippen molar-refractivity contribution in [2.24, 2.45) is 5.11 Å². The maximum absolute atomic E-state index is 15.1. The normalized spacial score (nSPS) is 10.1. The predicted molar refractivity (Wildman–Crippen MR) is 103 cm³/mol. The summed E-state index contributed by atoms with van der Waals surface area (Å²) in [6.45, 7) is -0.00657. The highest BCUT2D eigenvalue weighted by Gasteiger charge is 2.23. The van der Waals surface area contributed by atoms with Crippen LogP contribution in [0.4, 0.5) is 25.8 Å². The first kappa shape index (κ1) is 19.7. The summed E-state index contributed by atoms with van der Waals surface area (Å²) < 4.78 is 34.5. The van der Waals surface area contributed by atoms with E-state index in [4.69, 9.17) is 10.3 Å². The smallest absolute Gasteiger partial charge is 0.338 e. The maximum Gasteiger partial charge on any atom is 0.338 e. The molecule has 0 aliphatic rings. The topological polar surface area (TPSA) is 107 Å². The summed E-state index contributed by atoms with van der Waals surface area (Å²) in [7, 11) is 0. The van der Waals surface area contributed by atoms with Gasteiger partial charge in [0.15, 0.2) is 5.82 Å². The fraction of sp³-hybridized carbons (Fsp3) is 0.0500. The molecule has 3 aromatic rings. The minimum Gasteiger partial charge on any atom is -0.488 e. The molecule has 0 amide bonds. The van der Waals surface area contributed by atoms with Crippen molar-refractivity contribution in [3.63, 3.8) is 0 Å². The molecular weight excluding hydrogens is 382 g/mol. The Morgan fingerprint density at radius 3 is 2.48 bits per heavy atom. The van der Waals surface area contributed by atoms with Crippen molar-refractivity contribution >= 4 is 23.0 Å². The van der Waals surface area contributed by atoms with Gasteiger partial charge >= 0.3 is 5.97 Å². The maximum atomic E-state index is 15.1. The minimum absolute atomic E-state index is 0.00657. The first-order chi connectivity index (χ1) is 14.0. The van der Waals surface area contributed by atoms with Crippen LogP contribution in [0.5, 0.6) is 5.75 Å². The quantitative estimate of drug-likeness (QED) is 0.293. The molecule has 0 aliphatic heterocycles. The number of ether oxygens (including phenoxy) is 1. The van der Waals surface area contributed by atoms with Gasteiger partial charge in [-0.1, -0.05) is 47.6 Å². The Morgan fingerprint density at radius 1 is 1.14 bits per heavy atom. The fourth-order valence-corrected chi connectivity index (χ4v) is 2.59. The number of para-hydroxylation sites is 1. The highest BCUT2D eigenvalue weighted by atomic mass is 19.1. The van der Waals surface area contributed by atoms with Gasteiger partial charge in [-0.2, -0.15) is 0 Å². The van der Waals surface area contributed by atoms with Crippen LogP contribution >= 0.6 is 0 Å². The van der Waals surface area contributed by atoms with E-state index in [2.05, 4.69) is 15.3 Å². The third kappa shape index (κ3) is 4.42. The lowest BCUT2D eigenvalue weighted by molar-refractivity contribution is 0.0697. The van der Waals surface area contributed by atoms with Gasteiger partial charge in [-0.05, 0) is 29.3 Å². The van der Waals surface area contributed by atoms with Crippen LogP contribution in [0.3, 0.4) is 0 Å². The van der Waals surface area contributed by atoms with Gasteiger partial charge < -0.3 is 15.2 Å². The number of anilines is 2. The summed E-state index contributed by atoms with van der Waals surface area (Å²) in [5.74, 6) is -3.60. The number of aromatic carboxylic acids is 1. The van der Waals surface area contributed by atoms with Crippen molar-refractivity contribution in [2.45, 2.75) is 6.61 Å². The number of benzene rings is 3. The zero-order valence-electron chi connectivity index (χ0n) is 14.8. The summed E-state index contributed by atoms with van der Waals surface area (Å²) in [5, 5.41) is 15.2. The third-order valence-corrected chi connectivity index (χ3v) is 3.95. The van der Waals surface area contributed by atoms with Crippen molar-refractivity contribution in [1.82, 2.24) is 0 Å². The molecule has 0 saturated heterocycles. The van der Waals surface area contributed by atoms with Crippen LogP contribution in [0.25, 0.3) is 10.4 Å². The Balaban J connectivity index is 2.07. The number of hydrogen-bond donors (Lipinski definition) is 2. The Morgan fingerprint density at radius 2 is 1.83 bits per heavy atom. The molecule has 9 heteroatoms. The molecule has 0 heterocycles. The summed E-state index contributed by atoms with van der Waals surface area (Å²) in [6, 6.07) is 15.3. The van der Waals surface area contributed by atoms with Crippen LogP contribution in [-0.2, 0) is 6.61 Å². The van der Waals surface area contributed by atoms with Gasteiger partial charge in [0, 0.05) is 4.91 Å². The summed E-state index contributed by atoms with van der Waals surface area (Å²) in [6.07, 6.45) is 0. The Bertz CT molecular complexity index is 1100. The number of carboxylic acid groups (broad SMARTS) is 1. The van der Waals surface area contributed by atoms with E-state index in [1.807, 2.05) is 0 Å². The van der Waals surface area contributed by atoms with Crippen LogP contribution in [-0.4, -0.2) is 11.1 Å². The van der Waals surface area contributed by atoms with Gasteiger partial charge in [0.1, 0.15) is 23.9 Å². The average molecular weight is 396 g/mol. The molecule has 3 rings (SSSR count). The highest BCUT2D eigenvalue weighted by molar-refractivity contribution is 5.97. The van der Waals surface area contributed by atoms with Crippen molar-refractivity contribution in [1.29, 1.82) is 0 Å². The van der Waals surface area contributed by atoms with Crippen LogP contribution in [0.15, 0.2) is 65.8 Å². The predicted octanol–water partition coefficient (Wildman–Crippen LogP) is 5.93. The number of carboxylic acids is 1. The standard InChI is InChI=1S/C20H14F2N4O3/c21-14-8-4-5-9-15(14)24-18-13(20(27)28)10-16(19(17(18)22)25-26-23)29-11-12-6-2-1-3-7-12/h1-10,24H,11H2,(H,27,28). The molecule has 0 radical (unpaired) electrons. The third-order valence-electron chi connectivity index (χ3n) is 3.95. The highest BCUT2D eigenvalue weighted by Crippen LogP contribution is 2.40. The SMILES string of the molecule is [N-]=[N+]=Nc1c(OCc2ccccc2)cc(C(=O)O)c(Nc2ccccc2F)c1F. The summed E-state index contributed by atoms with van der Waals surface area (Å²) >= 11 is 0. The first-order valence-electron chi connectivity index (χ1n) is 8.34. The van der Waals surface area contributed by atoms with Gasteiger partial charge in [0.2, 0.25) is 0 Å². The van der Waals surface area contributed by atoms with Gasteiger partial charge in [-0.15, -0.1) is 0 Å². The lowest BCUT2D eigenvalue weighted by Crippen LogP contribution is -2.08. The van der Waals surface area contributed by atoms with E-state index in [1.54, 1.807) is 30.3 Å². The molecule has 0 fully saturated rings. The molecule has 3 aromatic carbocycles. The van der Waals surface area contributed by atoms with Gasteiger partial charge in [-0.25, -0.2) is 13.6 Å². The number of azide groups is 1. The molecule has 2 N–H and O–H groups in total. The van der Waals surface area contributed by atoms with Gasteiger partial charge in [0.05, 0.1) is 16.9 Å². The molecular formula is C20H14F2N4O3.